The number of amides is 1. The van der Waals surface area contributed by atoms with E-state index in [4.69, 9.17) is 0 Å². The van der Waals surface area contributed by atoms with Gasteiger partial charge in [-0.15, -0.1) is 10.2 Å². The molecular weight excluding hydrogens is 384 g/mol. The summed E-state index contributed by atoms with van der Waals surface area (Å²) < 4.78 is 0. The summed E-state index contributed by atoms with van der Waals surface area (Å²) in [5, 5.41) is 14.8. The number of nitrogens with zero attached hydrogens (tertiary/aromatic N) is 2. The summed E-state index contributed by atoms with van der Waals surface area (Å²) >= 11 is 0. The smallest absolute Gasteiger partial charge is 0.255 e. The summed E-state index contributed by atoms with van der Waals surface area (Å²) in [6, 6.07) is 25.3. The van der Waals surface area contributed by atoms with Gasteiger partial charge in [-0.05, 0) is 68.8 Å². The first kappa shape index (κ1) is 20.3. The molecular formula is C26H24N4O. The molecule has 31 heavy (non-hydrogen) atoms. The van der Waals surface area contributed by atoms with Crippen LogP contribution in [0.2, 0.25) is 0 Å². The lowest BCUT2D eigenvalue weighted by Gasteiger charge is -2.10. The second-order valence-corrected chi connectivity index (χ2v) is 7.64. The third-order valence-electron chi connectivity index (χ3n) is 5.06. The lowest BCUT2D eigenvalue weighted by molar-refractivity contribution is 0.102. The largest absolute Gasteiger partial charge is 0.339 e. The number of hydrogen-bond donors (Lipinski definition) is 2. The van der Waals surface area contributed by atoms with Crippen LogP contribution in [-0.4, -0.2) is 16.1 Å². The molecule has 4 rings (SSSR count). The van der Waals surface area contributed by atoms with Gasteiger partial charge in [0.1, 0.15) is 0 Å². The van der Waals surface area contributed by atoms with E-state index in [0.717, 1.165) is 28.2 Å². The summed E-state index contributed by atoms with van der Waals surface area (Å²) in [5.41, 5.74) is 7.52. The van der Waals surface area contributed by atoms with Gasteiger partial charge in [-0.25, -0.2) is 0 Å². The van der Waals surface area contributed by atoms with Gasteiger partial charge in [0.15, 0.2) is 5.82 Å². The molecule has 0 saturated heterocycles. The van der Waals surface area contributed by atoms with E-state index in [1.807, 2.05) is 68.4 Å². The quantitative estimate of drug-likeness (QED) is 0.421. The first-order valence-corrected chi connectivity index (χ1v) is 10.1. The number of aryl methyl sites for hydroxylation is 3. The topological polar surface area (TPSA) is 66.9 Å². The summed E-state index contributed by atoms with van der Waals surface area (Å²) in [7, 11) is 0. The molecule has 0 saturated carbocycles. The van der Waals surface area contributed by atoms with E-state index in [2.05, 4.69) is 39.9 Å². The van der Waals surface area contributed by atoms with Crippen molar-refractivity contribution in [1.82, 2.24) is 10.2 Å². The average molecular weight is 409 g/mol. The molecule has 1 aromatic heterocycles. The molecule has 0 aliphatic rings. The normalized spacial score (nSPS) is 10.5. The van der Waals surface area contributed by atoms with Crippen LogP contribution in [0.1, 0.15) is 27.0 Å². The maximum Gasteiger partial charge on any atom is 0.255 e. The van der Waals surface area contributed by atoms with Gasteiger partial charge in [-0.2, -0.15) is 0 Å². The van der Waals surface area contributed by atoms with Crippen molar-refractivity contribution in [3.05, 3.63) is 101 Å². The summed E-state index contributed by atoms with van der Waals surface area (Å²) in [6.07, 6.45) is 0. The molecule has 0 aliphatic carbocycles. The molecule has 3 aromatic carbocycles. The van der Waals surface area contributed by atoms with Gasteiger partial charge in [0.05, 0.1) is 5.69 Å². The van der Waals surface area contributed by atoms with Crippen LogP contribution in [0, 0.1) is 20.8 Å². The number of nitrogens with one attached hydrogen (secondary N) is 2. The highest BCUT2D eigenvalue weighted by molar-refractivity contribution is 6.04. The maximum absolute atomic E-state index is 12.6. The zero-order valence-electron chi connectivity index (χ0n) is 17.8. The Labute approximate surface area is 182 Å². The van der Waals surface area contributed by atoms with Crippen LogP contribution in [0.25, 0.3) is 11.3 Å². The fourth-order valence-electron chi connectivity index (χ4n) is 3.28. The van der Waals surface area contributed by atoms with E-state index in [-0.39, 0.29) is 5.91 Å². The second-order valence-electron chi connectivity index (χ2n) is 7.64. The fourth-order valence-corrected chi connectivity index (χ4v) is 3.28. The van der Waals surface area contributed by atoms with Gasteiger partial charge in [0.2, 0.25) is 0 Å². The standard InChI is InChI=1S/C26H24N4O/c1-17-4-7-20(8-5-17)24-14-15-25(30-29-24)27-22-11-9-21(10-12-22)26(31)28-23-13-6-18(2)16-19(23)3/h4-16H,1-3H3,(H,27,30)(H,28,31). The third-order valence-corrected chi connectivity index (χ3v) is 5.06. The highest BCUT2D eigenvalue weighted by atomic mass is 16.1. The van der Waals surface area contributed by atoms with E-state index >= 15 is 0 Å². The Morgan fingerprint density at radius 3 is 2.10 bits per heavy atom. The highest BCUT2D eigenvalue weighted by Gasteiger charge is 2.08. The molecule has 0 fully saturated rings. The van der Waals surface area contributed by atoms with Crippen LogP contribution in [0.5, 0.6) is 0 Å². The molecule has 0 bridgehead atoms. The van der Waals surface area contributed by atoms with E-state index in [1.165, 1.54) is 11.1 Å². The molecule has 0 radical (unpaired) electrons. The molecule has 0 unspecified atom stereocenters. The number of rotatable bonds is 5. The van der Waals surface area contributed by atoms with E-state index in [0.29, 0.717) is 11.4 Å². The first-order valence-electron chi connectivity index (χ1n) is 10.1. The van der Waals surface area contributed by atoms with Crippen molar-refractivity contribution in [1.29, 1.82) is 0 Å². The minimum atomic E-state index is -0.138. The number of benzene rings is 3. The van der Waals surface area contributed by atoms with Gasteiger partial charge >= 0.3 is 0 Å². The molecule has 1 amide bonds. The number of carbonyl (C=O) groups excluding carboxylic acids is 1. The summed E-state index contributed by atoms with van der Waals surface area (Å²) in [6.45, 7) is 6.08. The van der Waals surface area contributed by atoms with Crippen molar-refractivity contribution >= 4 is 23.1 Å². The van der Waals surface area contributed by atoms with Crippen LogP contribution in [0.15, 0.2) is 78.9 Å². The Hall–Kier alpha value is -3.99. The molecule has 5 nitrogen and oxygen atoms in total. The Morgan fingerprint density at radius 1 is 0.742 bits per heavy atom. The zero-order chi connectivity index (χ0) is 21.8. The fraction of sp³-hybridized carbons (Fsp3) is 0.115. The van der Waals surface area contributed by atoms with Crippen molar-refractivity contribution in [3.63, 3.8) is 0 Å². The van der Waals surface area contributed by atoms with Crippen LogP contribution in [-0.2, 0) is 0 Å². The molecule has 154 valence electrons. The lowest BCUT2D eigenvalue weighted by Crippen LogP contribution is -2.12. The Balaban J connectivity index is 1.41. The zero-order valence-corrected chi connectivity index (χ0v) is 17.8. The van der Waals surface area contributed by atoms with Crippen LogP contribution < -0.4 is 10.6 Å². The minimum absolute atomic E-state index is 0.138. The lowest BCUT2D eigenvalue weighted by atomic mass is 10.1. The van der Waals surface area contributed by atoms with Gasteiger partial charge in [0.25, 0.3) is 5.91 Å². The van der Waals surface area contributed by atoms with Gasteiger partial charge < -0.3 is 10.6 Å². The van der Waals surface area contributed by atoms with Crippen molar-refractivity contribution < 1.29 is 4.79 Å². The Kier molecular flexibility index (Phi) is 5.76. The second kappa shape index (κ2) is 8.79. The number of hydrogen-bond acceptors (Lipinski definition) is 4. The molecule has 5 heteroatoms. The van der Waals surface area contributed by atoms with E-state index < -0.39 is 0 Å². The van der Waals surface area contributed by atoms with E-state index in [9.17, 15) is 4.79 Å². The van der Waals surface area contributed by atoms with Crippen molar-refractivity contribution in [2.24, 2.45) is 0 Å². The first-order chi connectivity index (χ1) is 15.0. The van der Waals surface area contributed by atoms with E-state index in [1.54, 1.807) is 12.1 Å². The number of aromatic nitrogens is 2. The molecule has 1 heterocycles. The Bertz CT molecular complexity index is 1200. The highest BCUT2D eigenvalue weighted by Crippen LogP contribution is 2.21. The molecule has 0 atom stereocenters. The molecule has 4 aromatic rings. The Morgan fingerprint density at radius 2 is 1.45 bits per heavy atom. The van der Waals surface area contributed by atoms with Crippen molar-refractivity contribution in [2.75, 3.05) is 10.6 Å². The SMILES string of the molecule is Cc1ccc(-c2ccc(Nc3ccc(C(=O)Nc4ccc(C)cc4C)cc3)nn2)cc1. The monoisotopic (exact) mass is 408 g/mol. The molecule has 0 aliphatic heterocycles. The predicted octanol–water partition coefficient (Wildman–Crippen LogP) is 6.06. The maximum atomic E-state index is 12.6. The third kappa shape index (κ3) is 4.95. The van der Waals surface area contributed by atoms with Gasteiger partial charge in [-0.3, -0.25) is 4.79 Å². The van der Waals surface area contributed by atoms with Gasteiger partial charge in [0, 0.05) is 22.5 Å². The van der Waals surface area contributed by atoms with Crippen molar-refractivity contribution in [3.8, 4) is 11.3 Å². The van der Waals surface area contributed by atoms with Crippen LogP contribution in [0.4, 0.5) is 17.2 Å². The van der Waals surface area contributed by atoms with Crippen LogP contribution >= 0.6 is 0 Å². The number of anilines is 3. The average Bonchev–Trinajstić information content (AvgIpc) is 2.77. The minimum Gasteiger partial charge on any atom is -0.339 e. The summed E-state index contributed by atoms with van der Waals surface area (Å²) in [4.78, 5) is 12.6. The molecule has 0 spiro atoms. The van der Waals surface area contributed by atoms with Crippen LogP contribution in [0.3, 0.4) is 0 Å². The molecule has 2 N–H and O–H groups in total. The predicted molar refractivity (Wildman–Crippen MR) is 126 cm³/mol. The number of carbonyl (C=O) groups is 1. The summed E-state index contributed by atoms with van der Waals surface area (Å²) in [5.74, 6) is 0.504. The van der Waals surface area contributed by atoms with Gasteiger partial charge in [-0.1, -0.05) is 47.5 Å². The van der Waals surface area contributed by atoms with Crippen molar-refractivity contribution in [2.45, 2.75) is 20.8 Å².